The topological polar surface area (TPSA) is 73.8 Å². The molecule has 1 aliphatic heterocycles. The molecule has 0 radical (unpaired) electrons. The van der Waals surface area contributed by atoms with Gasteiger partial charge in [-0.25, -0.2) is 4.98 Å². The number of rotatable bonds is 5. The largest absolute Gasteiger partial charge is 0.335 e. The van der Waals surface area contributed by atoms with Crippen molar-refractivity contribution < 1.29 is 13.2 Å². The van der Waals surface area contributed by atoms with Crippen molar-refractivity contribution in [1.82, 2.24) is 18.5 Å². The van der Waals surface area contributed by atoms with Gasteiger partial charge in [0.1, 0.15) is 4.88 Å². The minimum Gasteiger partial charge on any atom is -0.335 e. The van der Waals surface area contributed by atoms with E-state index in [0.717, 1.165) is 42.8 Å². The van der Waals surface area contributed by atoms with Crippen LogP contribution in [0.5, 0.6) is 0 Å². The van der Waals surface area contributed by atoms with Gasteiger partial charge < -0.3 is 4.90 Å². The lowest BCUT2D eigenvalue weighted by Crippen LogP contribution is -2.55. The molecule has 0 atom stereocenters. The maximum absolute atomic E-state index is 13.0. The fraction of sp³-hybridized carbons (Fsp3) is 0.778. The van der Waals surface area contributed by atoms with Crippen LogP contribution in [0.4, 0.5) is 0 Å². The van der Waals surface area contributed by atoms with Crippen LogP contribution < -0.4 is 0 Å². The van der Waals surface area contributed by atoms with E-state index in [4.69, 9.17) is 0 Å². The summed E-state index contributed by atoms with van der Waals surface area (Å²) in [5.41, 5.74) is 0.772. The van der Waals surface area contributed by atoms with Crippen molar-refractivity contribution in [3.05, 3.63) is 15.6 Å². The summed E-state index contributed by atoms with van der Waals surface area (Å²) >= 11 is 1.45. The Morgan fingerprint density at radius 3 is 2.37 bits per heavy atom. The van der Waals surface area contributed by atoms with Gasteiger partial charge in [0.2, 0.25) is 0 Å². The van der Waals surface area contributed by atoms with E-state index in [9.17, 15) is 13.2 Å². The standard InChI is InChI=1S/C18H30N4O3S2/c1-4-16-19-14(2)17(26-16)18(23)21-10-12-22(13-11-21)27(24,25)20(3)15-8-6-5-7-9-15/h15H,4-13H2,1-3H3. The number of piperazine rings is 1. The molecule has 0 spiro atoms. The van der Waals surface area contributed by atoms with Crippen molar-refractivity contribution in [3.8, 4) is 0 Å². The van der Waals surface area contributed by atoms with E-state index < -0.39 is 10.2 Å². The number of thiazole rings is 1. The fourth-order valence-electron chi connectivity index (χ4n) is 3.88. The maximum Gasteiger partial charge on any atom is 0.282 e. The van der Waals surface area contributed by atoms with Crippen molar-refractivity contribution in [1.29, 1.82) is 0 Å². The van der Waals surface area contributed by atoms with E-state index >= 15 is 0 Å². The Morgan fingerprint density at radius 1 is 1.19 bits per heavy atom. The number of nitrogens with zero attached hydrogens (tertiary/aromatic N) is 4. The number of hydrogen-bond acceptors (Lipinski definition) is 5. The van der Waals surface area contributed by atoms with Gasteiger partial charge in [0, 0.05) is 39.3 Å². The van der Waals surface area contributed by atoms with Gasteiger partial charge in [-0.05, 0) is 26.2 Å². The molecule has 2 fully saturated rings. The average molecular weight is 415 g/mol. The molecule has 1 aliphatic carbocycles. The summed E-state index contributed by atoms with van der Waals surface area (Å²) in [5.74, 6) is -0.0256. The predicted octanol–water partition coefficient (Wildman–Crippen LogP) is 2.28. The van der Waals surface area contributed by atoms with E-state index in [1.807, 2.05) is 13.8 Å². The molecule has 1 amide bonds. The zero-order valence-corrected chi connectivity index (χ0v) is 18.1. The Bertz CT molecular complexity index is 764. The molecule has 1 saturated carbocycles. The molecule has 152 valence electrons. The highest BCUT2D eigenvalue weighted by atomic mass is 32.2. The Labute approximate surface area is 166 Å². The highest BCUT2D eigenvalue weighted by Crippen LogP contribution is 2.26. The minimum absolute atomic E-state index is 0.0256. The zero-order chi connectivity index (χ0) is 19.6. The van der Waals surface area contributed by atoms with Crippen LogP contribution in [0.15, 0.2) is 0 Å². The lowest BCUT2D eigenvalue weighted by atomic mass is 9.96. The lowest BCUT2D eigenvalue weighted by molar-refractivity contribution is 0.0696. The number of carbonyl (C=O) groups excluding carboxylic acids is 1. The Morgan fingerprint density at radius 2 is 1.81 bits per heavy atom. The number of aryl methyl sites for hydroxylation is 2. The van der Waals surface area contributed by atoms with E-state index in [2.05, 4.69) is 4.98 Å². The summed E-state index contributed by atoms with van der Waals surface area (Å²) in [6.45, 7) is 5.44. The normalized spacial score (nSPS) is 20.4. The van der Waals surface area contributed by atoms with Gasteiger partial charge in [0.15, 0.2) is 0 Å². The second kappa shape index (κ2) is 8.55. The summed E-state index contributed by atoms with van der Waals surface area (Å²) < 4.78 is 29.0. The summed E-state index contributed by atoms with van der Waals surface area (Å²) in [6.07, 6.45) is 6.10. The average Bonchev–Trinajstić information content (AvgIpc) is 3.08. The number of amides is 1. The van der Waals surface area contributed by atoms with Crippen molar-refractivity contribution in [2.24, 2.45) is 0 Å². The third-order valence-corrected chi connectivity index (χ3v) is 8.98. The van der Waals surface area contributed by atoms with Crippen molar-refractivity contribution >= 4 is 27.5 Å². The molecule has 27 heavy (non-hydrogen) atoms. The minimum atomic E-state index is -3.46. The van der Waals surface area contributed by atoms with Crippen LogP contribution >= 0.6 is 11.3 Å². The Hall–Kier alpha value is -1.03. The van der Waals surface area contributed by atoms with Crippen LogP contribution in [-0.4, -0.2) is 72.1 Å². The first-order valence-corrected chi connectivity index (χ1v) is 12.0. The second-order valence-electron chi connectivity index (χ2n) is 7.38. The first kappa shape index (κ1) is 20.7. The van der Waals surface area contributed by atoms with E-state index in [-0.39, 0.29) is 11.9 Å². The van der Waals surface area contributed by atoms with Gasteiger partial charge in [-0.15, -0.1) is 11.3 Å². The van der Waals surface area contributed by atoms with Gasteiger partial charge >= 0.3 is 0 Å². The summed E-state index contributed by atoms with van der Waals surface area (Å²) in [7, 11) is -1.76. The van der Waals surface area contributed by atoms with Gasteiger partial charge in [-0.3, -0.25) is 4.79 Å². The highest BCUT2D eigenvalue weighted by Gasteiger charge is 2.35. The first-order chi connectivity index (χ1) is 12.8. The second-order valence-corrected chi connectivity index (χ2v) is 10.5. The van der Waals surface area contributed by atoms with E-state index in [1.54, 1.807) is 16.3 Å². The quantitative estimate of drug-likeness (QED) is 0.741. The van der Waals surface area contributed by atoms with E-state index in [1.165, 1.54) is 22.1 Å². The molecule has 9 heteroatoms. The smallest absolute Gasteiger partial charge is 0.282 e. The van der Waals surface area contributed by atoms with Crippen LogP contribution in [0.3, 0.4) is 0 Å². The molecule has 7 nitrogen and oxygen atoms in total. The van der Waals surface area contributed by atoms with Gasteiger partial charge in [0.05, 0.1) is 10.7 Å². The first-order valence-electron chi connectivity index (χ1n) is 9.83. The van der Waals surface area contributed by atoms with Crippen LogP contribution in [-0.2, 0) is 16.6 Å². The van der Waals surface area contributed by atoms with Gasteiger partial charge in [-0.2, -0.15) is 17.0 Å². The van der Waals surface area contributed by atoms with Crippen LogP contribution in [0, 0.1) is 6.92 Å². The summed E-state index contributed by atoms with van der Waals surface area (Å²) in [6, 6.07) is 0.107. The molecule has 0 unspecified atom stereocenters. The van der Waals surface area contributed by atoms with Crippen molar-refractivity contribution in [3.63, 3.8) is 0 Å². The molecule has 1 aromatic rings. The molecular weight excluding hydrogens is 384 g/mol. The monoisotopic (exact) mass is 414 g/mol. The fourth-order valence-corrected chi connectivity index (χ4v) is 6.43. The molecule has 1 aromatic heterocycles. The van der Waals surface area contributed by atoms with Crippen LogP contribution in [0.25, 0.3) is 0 Å². The van der Waals surface area contributed by atoms with Crippen molar-refractivity contribution in [2.45, 2.75) is 58.4 Å². The van der Waals surface area contributed by atoms with Gasteiger partial charge in [-0.1, -0.05) is 26.2 Å². The number of hydrogen-bond donors (Lipinski definition) is 0. The molecular formula is C18H30N4O3S2. The van der Waals surface area contributed by atoms with Crippen LogP contribution in [0.2, 0.25) is 0 Å². The predicted molar refractivity (Wildman–Crippen MR) is 107 cm³/mol. The summed E-state index contributed by atoms with van der Waals surface area (Å²) in [4.78, 5) is 19.7. The molecule has 1 saturated heterocycles. The molecule has 0 N–H and O–H groups in total. The third kappa shape index (κ3) is 4.36. The molecule has 2 heterocycles. The molecule has 3 rings (SSSR count). The number of carbonyl (C=O) groups is 1. The highest BCUT2D eigenvalue weighted by molar-refractivity contribution is 7.86. The third-order valence-electron chi connectivity index (χ3n) is 5.64. The summed E-state index contributed by atoms with van der Waals surface area (Å²) in [5, 5.41) is 0.964. The van der Waals surface area contributed by atoms with Gasteiger partial charge in [0.25, 0.3) is 16.1 Å². The SMILES string of the molecule is CCc1nc(C)c(C(=O)N2CCN(S(=O)(=O)N(C)C3CCCCC3)CC2)s1. The molecule has 0 bridgehead atoms. The Kier molecular flexibility index (Phi) is 6.55. The maximum atomic E-state index is 13.0. The lowest BCUT2D eigenvalue weighted by Gasteiger charge is -2.38. The van der Waals surface area contributed by atoms with Crippen LogP contribution in [0.1, 0.15) is 59.4 Å². The molecule has 2 aliphatic rings. The Balaban J connectivity index is 1.62. The van der Waals surface area contributed by atoms with E-state index in [0.29, 0.717) is 31.1 Å². The number of aromatic nitrogens is 1. The van der Waals surface area contributed by atoms with Crippen molar-refractivity contribution in [2.75, 3.05) is 33.2 Å². The zero-order valence-electron chi connectivity index (χ0n) is 16.5. The molecule has 0 aromatic carbocycles.